The molecule has 0 amide bonds. The van der Waals surface area contributed by atoms with Gasteiger partial charge in [-0.2, -0.15) is 0 Å². The molecule has 5 rings (SSSR count). The average molecular weight is 480 g/mol. The first-order chi connectivity index (χ1) is 15.9. The molecule has 3 heterocycles. The third-order valence-electron chi connectivity index (χ3n) is 6.38. The summed E-state index contributed by atoms with van der Waals surface area (Å²) in [6, 6.07) is 18.3. The van der Waals surface area contributed by atoms with Gasteiger partial charge < -0.3 is 14.5 Å². The zero-order chi connectivity index (χ0) is 23.1. The van der Waals surface area contributed by atoms with Crippen LogP contribution < -0.4 is 15.2 Å². The maximum atomic E-state index is 13.4. The van der Waals surface area contributed by atoms with Crippen LogP contribution in [0.4, 0.5) is 5.69 Å². The molecular formula is C26H26ClN3O2S. The Morgan fingerprint density at radius 2 is 1.88 bits per heavy atom. The molecule has 1 atom stereocenters. The number of nitrogens with zero attached hydrogens (tertiary/aromatic N) is 3. The van der Waals surface area contributed by atoms with Crippen LogP contribution in [-0.4, -0.2) is 49.8 Å². The van der Waals surface area contributed by atoms with E-state index in [1.54, 1.807) is 11.7 Å². The molecule has 0 spiro atoms. The fourth-order valence-electron chi connectivity index (χ4n) is 4.45. The molecule has 0 aliphatic carbocycles. The standard InChI is InChI=1S/C26H26ClN3O2S/c1-28(2)21-11-12-29(16-21)22-9-8-20(15-23(22)32-3)30-13-10-18-14-24(33-25(18)26(30)31)17-4-6-19(27)7-5-17/h4-10,13-15,21H,11-12,16H2,1-3H3/t21-/m0/s1. The average Bonchev–Trinajstić information content (AvgIpc) is 3.48. The Morgan fingerprint density at radius 3 is 2.58 bits per heavy atom. The Kier molecular flexibility index (Phi) is 5.91. The summed E-state index contributed by atoms with van der Waals surface area (Å²) in [5.74, 6) is 0.784. The minimum atomic E-state index is -0.0265. The Balaban J connectivity index is 1.50. The Bertz CT molecular complexity index is 1360. The summed E-state index contributed by atoms with van der Waals surface area (Å²) in [6.45, 7) is 1.96. The van der Waals surface area contributed by atoms with Crippen LogP contribution in [0.3, 0.4) is 0 Å². The predicted molar refractivity (Wildman–Crippen MR) is 139 cm³/mol. The number of aromatic nitrogens is 1. The van der Waals surface area contributed by atoms with Crippen molar-refractivity contribution in [2.75, 3.05) is 39.2 Å². The number of halogens is 1. The van der Waals surface area contributed by atoms with Crippen molar-refractivity contribution in [2.45, 2.75) is 12.5 Å². The van der Waals surface area contributed by atoms with E-state index < -0.39 is 0 Å². The molecule has 33 heavy (non-hydrogen) atoms. The van der Waals surface area contributed by atoms with Crippen molar-refractivity contribution in [3.63, 3.8) is 0 Å². The molecular weight excluding hydrogens is 454 g/mol. The topological polar surface area (TPSA) is 37.7 Å². The second-order valence-electron chi connectivity index (χ2n) is 8.60. The molecule has 0 bridgehead atoms. The molecule has 0 N–H and O–H groups in total. The van der Waals surface area contributed by atoms with Gasteiger partial charge in [-0.3, -0.25) is 9.36 Å². The summed E-state index contributed by atoms with van der Waals surface area (Å²) < 4.78 is 8.17. The molecule has 2 aromatic heterocycles. The van der Waals surface area contributed by atoms with Crippen molar-refractivity contribution in [1.82, 2.24) is 9.47 Å². The number of rotatable bonds is 5. The highest BCUT2D eigenvalue weighted by molar-refractivity contribution is 7.22. The first kappa shape index (κ1) is 22.0. The molecule has 0 radical (unpaired) electrons. The van der Waals surface area contributed by atoms with Crippen molar-refractivity contribution in [2.24, 2.45) is 0 Å². The molecule has 2 aromatic carbocycles. The van der Waals surface area contributed by atoms with Crippen molar-refractivity contribution in [3.05, 3.63) is 76.2 Å². The number of pyridine rings is 1. The smallest absolute Gasteiger partial charge is 0.273 e. The van der Waals surface area contributed by atoms with Gasteiger partial charge in [0, 0.05) is 46.7 Å². The van der Waals surface area contributed by atoms with Gasteiger partial charge in [0.1, 0.15) is 10.4 Å². The van der Waals surface area contributed by atoms with Gasteiger partial charge in [-0.1, -0.05) is 23.7 Å². The normalized spacial score (nSPS) is 16.2. The molecule has 4 aromatic rings. The molecule has 1 fully saturated rings. The summed E-state index contributed by atoms with van der Waals surface area (Å²) in [5.41, 5.74) is 2.90. The number of hydrogen-bond donors (Lipinski definition) is 0. The van der Waals surface area contributed by atoms with E-state index in [0.29, 0.717) is 11.1 Å². The zero-order valence-corrected chi connectivity index (χ0v) is 20.5. The van der Waals surface area contributed by atoms with Crippen LogP contribution in [-0.2, 0) is 0 Å². The molecule has 1 aliphatic rings. The van der Waals surface area contributed by atoms with Crippen molar-refractivity contribution in [1.29, 1.82) is 0 Å². The van der Waals surface area contributed by atoms with Crippen LogP contribution in [0.1, 0.15) is 6.42 Å². The van der Waals surface area contributed by atoms with Crippen molar-refractivity contribution in [3.8, 4) is 21.9 Å². The van der Waals surface area contributed by atoms with Crippen molar-refractivity contribution >= 4 is 38.7 Å². The van der Waals surface area contributed by atoms with Gasteiger partial charge in [0.15, 0.2) is 0 Å². The third-order valence-corrected chi connectivity index (χ3v) is 7.82. The number of ether oxygens (including phenoxy) is 1. The fraction of sp³-hybridized carbons (Fsp3) is 0.269. The molecule has 170 valence electrons. The van der Waals surface area contributed by atoms with E-state index in [1.165, 1.54) is 11.3 Å². The number of thiophene rings is 1. The van der Waals surface area contributed by atoms with E-state index in [4.69, 9.17) is 16.3 Å². The molecule has 1 saturated heterocycles. The van der Waals surface area contributed by atoms with Gasteiger partial charge in [-0.05, 0) is 62.5 Å². The highest BCUT2D eigenvalue weighted by Gasteiger charge is 2.26. The second kappa shape index (κ2) is 8.86. The summed E-state index contributed by atoms with van der Waals surface area (Å²) in [5, 5.41) is 1.65. The molecule has 0 unspecified atom stereocenters. The Labute approximate surface area is 202 Å². The summed E-state index contributed by atoms with van der Waals surface area (Å²) in [4.78, 5) is 19.1. The SMILES string of the molecule is COc1cc(-n2ccc3cc(-c4ccc(Cl)cc4)sc3c2=O)ccc1N1CC[C@H](N(C)C)C1. The van der Waals surface area contributed by atoms with Crippen LogP contribution in [0.2, 0.25) is 5.02 Å². The van der Waals surface area contributed by atoms with Crippen LogP contribution in [0.5, 0.6) is 5.75 Å². The highest BCUT2D eigenvalue weighted by atomic mass is 35.5. The first-order valence-electron chi connectivity index (χ1n) is 11.0. The number of fused-ring (bicyclic) bond motifs is 1. The van der Waals surface area contributed by atoms with E-state index in [1.807, 2.05) is 48.7 Å². The maximum absolute atomic E-state index is 13.4. The summed E-state index contributed by atoms with van der Waals surface area (Å²) in [6.07, 6.45) is 2.97. The van der Waals surface area contributed by atoms with Gasteiger partial charge in [0.2, 0.25) is 0 Å². The van der Waals surface area contributed by atoms with Crippen LogP contribution in [0, 0.1) is 0 Å². The van der Waals surface area contributed by atoms with Crippen molar-refractivity contribution < 1.29 is 4.74 Å². The lowest BCUT2D eigenvalue weighted by Crippen LogP contribution is -2.31. The number of anilines is 1. The number of benzene rings is 2. The minimum absolute atomic E-state index is 0.0265. The van der Waals surface area contributed by atoms with Gasteiger partial charge in [-0.25, -0.2) is 0 Å². The molecule has 1 aliphatic heterocycles. The van der Waals surface area contributed by atoms with Crippen LogP contribution in [0.25, 0.3) is 26.2 Å². The predicted octanol–water partition coefficient (Wildman–Crippen LogP) is 5.52. The monoisotopic (exact) mass is 479 g/mol. The maximum Gasteiger partial charge on any atom is 0.273 e. The zero-order valence-electron chi connectivity index (χ0n) is 18.9. The van der Waals surface area contributed by atoms with Gasteiger partial charge in [-0.15, -0.1) is 11.3 Å². The molecule has 7 heteroatoms. The second-order valence-corrected chi connectivity index (χ2v) is 10.1. The molecule has 0 saturated carbocycles. The van der Waals surface area contributed by atoms with E-state index in [0.717, 1.165) is 57.2 Å². The largest absolute Gasteiger partial charge is 0.495 e. The number of hydrogen-bond acceptors (Lipinski definition) is 5. The quantitative estimate of drug-likeness (QED) is 0.377. The number of likely N-dealkylation sites (N-methyl/N-ethyl adjacent to an activating group) is 1. The summed E-state index contributed by atoms with van der Waals surface area (Å²) in [7, 11) is 5.94. The van der Waals surface area contributed by atoms with Gasteiger partial charge in [0.25, 0.3) is 5.56 Å². The van der Waals surface area contributed by atoms with E-state index in [-0.39, 0.29) is 5.56 Å². The van der Waals surface area contributed by atoms with Gasteiger partial charge in [0.05, 0.1) is 18.5 Å². The Morgan fingerprint density at radius 1 is 1.09 bits per heavy atom. The highest BCUT2D eigenvalue weighted by Crippen LogP contribution is 2.35. The van der Waals surface area contributed by atoms with E-state index in [9.17, 15) is 4.79 Å². The number of methoxy groups -OCH3 is 1. The first-order valence-corrected chi connectivity index (χ1v) is 12.1. The molecule has 5 nitrogen and oxygen atoms in total. The minimum Gasteiger partial charge on any atom is -0.495 e. The van der Waals surface area contributed by atoms with Crippen LogP contribution in [0.15, 0.2) is 65.6 Å². The van der Waals surface area contributed by atoms with Gasteiger partial charge >= 0.3 is 0 Å². The van der Waals surface area contributed by atoms with Crippen LogP contribution >= 0.6 is 22.9 Å². The fourth-order valence-corrected chi connectivity index (χ4v) is 5.66. The van der Waals surface area contributed by atoms with E-state index in [2.05, 4.69) is 36.0 Å². The third kappa shape index (κ3) is 4.14. The summed E-state index contributed by atoms with van der Waals surface area (Å²) >= 11 is 7.53. The lowest BCUT2D eigenvalue weighted by Gasteiger charge is -2.24. The lowest BCUT2D eigenvalue weighted by molar-refractivity contribution is 0.315. The Hall–Kier alpha value is -2.80. The lowest BCUT2D eigenvalue weighted by atomic mass is 10.2. The van der Waals surface area contributed by atoms with E-state index >= 15 is 0 Å².